The largest absolute Gasteiger partial charge is 0.481 e. The van der Waals surface area contributed by atoms with Gasteiger partial charge in [-0.3, -0.25) is 4.79 Å². The summed E-state index contributed by atoms with van der Waals surface area (Å²) in [5, 5.41) is 3.08. The molecule has 0 atom stereocenters. The van der Waals surface area contributed by atoms with Gasteiger partial charge in [-0.15, -0.1) is 0 Å². The summed E-state index contributed by atoms with van der Waals surface area (Å²) in [7, 11) is 1.60. The summed E-state index contributed by atoms with van der Waals surface area (Å²) in [6.45, 7) is 13.8. The van der Waals surface area contributed by atoms with Crippen LogP contribution in [0.2, 0.25) is 0 Å². The molecule has 0 spiro atoms. The number of rotatable bonds is 7. The fourth-order valence-corrected chi connectivity index (χ4v) is 4.70. The summed E-state index contributed by atoms with van der Waals surface area (Å²) in [5.74, 6) is 2.21. The van der Waals surface area contributed by atoms with E-state index in [1.165, 1.54) is 0 Å². The van der Waals surface area contributed by atoms with Crippen LogP contribution in [0.25, 0.3) is 27.4 Å². The van der Waals surface area contributed by atoms with Crippen LogP contribution in [-0.4, -0.2) is 47.6 Å². The van der Waals surface area contributed by atoms with Gasteiger partial charge in [0.2, 0.25) is 17.7 Å². The number of oxazole rings is 1. The van der Waals surface area contributed by atoms with Crippen molar-refractivity contribution in [1.29, 1.82) is 0 Å². The van der Waals surface area contributed by atoms with Gasteiger partial charge in [0.25, 0.3) is 5.91 Å². The van der Waals surface area contributed by atoms with Gasteiger partial charge in [-0.05, 0) is 66.6 Å². The SMILES string of the molecule is [C-]#[N+]c1cc(C(C)C)c2oc(-c3ccc(C(=O)NCC4CCN(c5nccc(OC)n5)CC4)cc3)nc2c1. The lowest BCUT2D eigenvalue weighted by Gasteiger charge is -2.32. The Kier molecular flexibility index (Phi) is 7.22. The summed E-state index contributed by atoms with van der Waals surface area (Å²) in [5.41, 5.74) is 4.25. The van der Waals surface area contributed by atoms with Gasteiger partial charge >= 0.3 is 0 Å². The number of piperidine rings is 1. The number of nitrogens with one attached hydrogen (secondary N) is 1. The third-order valence-corrected chi connectivity index (χ3v) is 6.92. The number of amides is 1. The van der Waals surface area contributed by atoms with Crippen molar-refractivity contribution in [2.45, 2.75) is 32.6 Å². The summed E-state index contributed by atoms with van der Waals surface area (Å²) < 4.78 is 11.3. The maximum absolute atomic E-state index is 12.8. The van der Waals surface area contributed by atoms with E-state index in [2.05, 4.69) is 43.9 Å². The third kappa shape index (κ3) is 5.30. The predicted molar refractivity (Wildman–Crippen MR) is 146 cm³/mol. The molecule has 38 heavy (non-hydrogen) atoms. The normalized spacial score (nSPS) is 14.0. The average Bonchev–Trinajstić information content (AvgIpc) is 3.40. The Balaban J connectivity index is 1.19. The van der Waals surface area contributed by atoms with Gasteiger partial charge in [-0.2, -0.15) is 4.98 Å². The Hall–Kier alpha value is -4.45. The minimum atomic E-state index is -0.100. The average molecular weight is 511 g/mol. The van der Waals surface area contributed by atoms with E-state index in [-0.39, 0.29) is 11.8 Å². The monoisotopic (exact) mass is 510 g/mol. The highest BCUT2D eigenvalue weighted by atomic mass is 16.5. The molecule has 5 rings (SSSR count). The lowest BCUT2D eigenvalue weighted by atomic mass is 9.97. The molecule has 0 saturated carbocycles. The highest BCUT2D eigenvalue weighted by molar-refractivity contribution is 5.94. The van der Waals surface area contributed by atoms with Crippen LogP contribution in [0, 0.1) is 12.5 Å². The lowest BCUT2D eigenvalue weighted by Crippen LogP contribution is -2.39. The van der Waals surface area contributed by atoms with Crippen LogP contribution in [0.5, 0.6) is 5.88 Å². The molecule has 0 aliphatic carbocycles. The Morgan fingerprint density at radius 3 is 2.63 bits per heavy atom. The van der Waals surface area contributed by atoms with Gasteiger partial charge in [-0.25, -0.2) is 14.8 Å². The quantitative estimate of drug-likeness (QED) is 0.323. The highest BCUT2D eigenvalue weighted by Gasteiger charge is 2.22. The lowest BCUT2D eigenvalue weighted by molar-refractivity contribution is 0.0945. The molecule has 1 aliphatic rings. The van der Waals surface area contributed by atoms with Crippen LogP contribution < -0.4 is 15.0 Å². The van der Waals surface area contributed by atoms with E-state index in [0.29, 0.717) is 52.5 Å². The van der Waals surface area contributed by atoms with Crippen molar-refractivity contribution < 1.29 is 13.9 Å². The Bertz CT molecular complexity index is 1480. The van der Waals surface area contributed by atoms with E-state index in [0.717, 1.165) is 37.1 Å². The minimum absolute atomic E-state index is 0.100. The molecule has 0 unspecified atom stereocenters. The van der Waals surface area contributed by atoms with E-state index in [1.807, 2.05) is 18.2 Å². The van der Waals surface area contributed by atoms with Crippen molar-refractivity contribution in [3.8, 4) is 17.3 Å². The van der Waals surface area contributed by atoms with Gasteiger partial charge in [-0.1, -0.05) is 13.8 Å². The Morgan fingerprint density at radius 2 is 1.95 bits per heavy atom. The van der Waals surface area contributed by atoms with Gasteiger partial charge in [0.1, 0.15) is 0 Å². The van der Waals surface area contributed by atoms with Crippen LogP contribution in [0.1, 0.15) is 48.5 Å². The third-order valence-electron chi connectivity index (χ3n) is 6.92. The molecule has 194 valence electrons. The highest BCUT2D eigenvalue weighted by Crippen LogP contribution is 2.34. The molecule has 0 bridgehead atoms. The summed E-state index contributed by atoms with van der Waals surface area (Å²) in [6.07, 6.45) is 3.60. The number of carbonyl (C=O) groups excluding carboxylic acids is 1. The standard InChI is InChI=1S/C29H30N6O3/c1-18(2)23-15-22(30-3)16-24-26(23)38-28(33-24)21-7-5-20(6-8-21)27(36)32-17-19-10-13-35(14-11-19)29-31-12-9-25(34-29)37-4/h5-9,12,15-16,18-19H,10-11,13-14,17H2,1-2,4H3,(H,32,36). The first-order valence-electron chi connectivity index (χ1n) is 12.8. The van der Waals surface area contributed by atoms with Crippen LogP contribution in [0.4, 0.5) is 11.6 Å². The minimum Gasteiger partial charge on any atom is -0.481 e. The topological polar surface area (TPSA) is 97.7 Å². The number of hydrogen-bond acceptors (Lipinski definition) is 7. The first-order chi connectivity index (χ1) is 18.4. The molecule has 0 radical (unpaired) electrons. The molecule has 1 amide bonds. The zero-order valence-corrected chi connectivity index (χ0v) is 21.8. The van der Waals surface area contributed by atoms with Crippen molar-refractivity contribution in [1.82, 2.24) is 20.3 Å². The molecule has 1 aliphatic heterocycles. The molecule has 2 aromatic carbocycles. The molecular weight excluding hydrogens is 480 g/mol. The number of methoxy groups -OCH3 is 1. The van der Waals surface area contributed by atoms with E-state index < -0.39 is 0 Å². The van der Waals surface area contributed by atoms with Gasteiger partial charge in [0.05, 0.1) is 19.2 Å². The van der Waals surface area contributed by atoms with E-state index in [4.69, 9.17) is 15.7 Å². The van der Waals surface area contributed by atoms with Gasteiger partial charge in [0, 0.05) is 43.0 Å². The number of hydrogen-bond donors (Lipinski definition) is 1. The molecule has 2 aromatic heterocycles. The van der Waals surface area contributed by atoms with E-state index in [1.54, 1.807) is 37.6 Å². The number of carbonyl (C=O) groups is 1. The summed E-state index contributed by atoms with van der Waals surface area (Å²) in [6, 6.07) is 12.6. The molecule has 9 heteroatoms. The second-order valence-electron chi connectivity index (χ2n) is 9.79. The van der Waals surface area contributed by atoms with Crippen molar-refractivity contribution in [2.24, 2.45) is 5.92 Å². The van der Waals surface area contributed by atoms with Crippen LogP contribution >= 0.6 is 0 Å². The summed E-state index contributed by atoms with van der Waals surface area (Å²) >= 11 is 0. The van der Waals surface area contributed by atoms with Gasteiger partial charge in [0.15, 0.2) is 11.3 Å². The van der Waals surface area contributed by atoms with E-state index >= 15 is 0 Å². The molecule has 4 aromatic rings. The van der Waals surface area contributed by atoms with Crippen molar-refractivity contribution in [3.05, 3.63) is 71.2 Å². The van der Waals surface area contributed by atoms with Crippen LogP contribution in [0.15, 0.2) is 53.1 Å². The molecule has 1 saturated heterocycles. The molecule has 9 nitrogen and oxygen atoms in total. The Morgan fingerprint density at radius 1 is 1.18 bits per heavy atom. The molecule has 1 N–H and O–H groups in total. The fourth-order valence-electron chi connectivity index (χ4n) is 4.70. The van der Waals surface area contributed by atoms with Crippen molar-refractivity contribution >= 4 is 28.6 Å². The number of fused-ring (bicyclic) bond motifs is 1. The number of anilines is 1. The molecule has 1 fully saturated rings. The number of ether oxygens (including phenoxy) is 1. The van der Waals surface area contributed by atoms with Crippen LogP contribution in [0.3, 0.4) is 0 Å². The van der Waals surface area contributed by atoms with E-state index in [9.17, 15) is 4.79 Å². The number of aromatic nitrogens is 3. The fraction of sp³-hybridized carbons (Fsp3) is 0.345. The second-order valence-corrected chi connectivity index (χ2v) is 9.79. The summed E-state index contributed by atoms with van der Waals surface area (Å²) in [4.78, 5) is 31.9. The first kappa shape index (κ1) is 25.2. The predicted octanol–water partition coefficient (Wildman–Crippen LogP) is 5.61. The molecule has 3 heterocycles. The van der Waals surface area contributed by atoms with Crippen molar-refractivity contribution in [2.75, 3.05) is 31.6 Å². The van der Waals surface area contributed by atoms with Gasteiger partial charge < -0.3 is 19.4 Å². The maximum atomic E-state index is 12.8. The zero-order chi connectivity index (χ0) is 26.6. The zero-order valence-electron chi connectivity index (χ0n) is 21.8. The second kappa shape index (κ2) is 10.9. The Labute approximate surface area is 221 Å². The smallest absolute Gasteiger partial charge is 0.251 e. The van der Waals surface area contributed by atoms with Crippen LogP contribution in [-0.2, 0) is 0 Å². The number of nitrogens with zero attached hydrogens (tertiary/aromatic N) is 5. The first-order valence-corrected chi connectivity index (χ1v) is 12.8. The maximum Gasteiger partial charge on any atom is 0.251 e. The van der Waals surface area contributed by atoms with Crippen molar-refractivity contribution in [3.63, 3.8) is 0 Å². The number of benzene rings is 2. The molecular formula is C29H30N6O3.